The summed E-state index contributed by atoms with van der Waals surface area (Å²) in [6, 6.07) is 12.0. The molecule has 3 amide bonds. The Hall–Kier alpha value is -4.23. The molecule has 2 aromatic carbocycles. The van der Waals surface area contributed by atoms with Gasteiger partial charge in [-0.05, 0) is 56.5 Å². The molecule has 0 spiro atoms. The maximum atomic E-state index is 13.5. The number of halogens is 1. The molecule has 13 nitrogen and oxygen atoms in total. The van der Waals surface area contributed by atoms with Crippen molar-refractivity contribution >= 4 is 47.5 Å². The highest BCUT2D eigenvalue weighted by atomic mass is 35.5. The van der Waals surface area contributed by atoms with Gasteiger partial charge in [0.15, 0.2) is 12.6 Å². The fourth-order valence-electron chi connectivity index (χ4n) is 4.03. The van der Waals surface area contributed by atoms with Crippen LogP contribution in [-0.2, 0) is 14.4 Å². The van der Waals surface area contributed by atoms with Crippen LogP contribution in [0.5, 0.6) is 5.75 Å². The fourth-order valence-corrected chi connectivity index (χ4v) is 4.03. The summed E-state index contributed by atoms with van der Waals surface area (Å²) in [4.78, 5) is 51.7. The van der Waals surface area contributed by atoms with Crippen molar-refractivity contribution in [3.05, 3.63) is 64.7 Å². The van der Waals surface area contributed by atoms with E-state index in [4.69, 9.17) is 15.9 Å². The number of amides is 3. The summed E-state index contributed by atoms with van der Waals surface area (Å²) < 4.78 is 5.59. The van der Waals surface area contributed by atoms with Gasteiger partial charge in [-0.3, -0.25) is 34.8 Å². The van der Waals surface area contributed by atoms with E-state index in [2.05, 4.69) is 16.0 Å². The number of nitro benzene ring substituents is 1. The molecular formula is C25H32ClN7O6. The molecular weight excluding hydrogens is 530 g/mol. The highest BCUT2D eigenvalue weighted by molar-refractivity contribution is 6.05. The molecule has 0 aromatic heterocycles. The minimum atomic E-state index is -1.21. The van der Waals surface area contributed by atoms with Gasteiger partial charge in [0.05, 0.1) is 11.0 Å². The van der Waals surface area contributed by atoms with Crippen molar-refractivity contribution in [1.29, 1.82) is 5.41 Å². The lowest BCUT2D eigenvalue weighted by atomic mass is 10.1. The molecule has 1 aliphatic rings. The molecule has 1 fully saturated rings. The topological polar surface area (TPSA) is 193 Å². The molecule has 14 heteroatoms. The van der Waals surface area contributed by atoms with Crippen LogP contribution in [0.4, 0.5) is 11.4 Å². The van der Waals surface area contributed by atoms with Crippen molar-refractivity contribution in [3.63, 3.8) is 0 Å². The van der Waals surface area contributed by atoms with E-state index in [1.807, 2.05) is 0 Å². The van der Waals surface area contributed by atoms with Gasteiger partial charge < -0.3 is 26.4 Å². The highest BCUT2D eigenvalue weighted by Gasteiger charge is 2.39. The molecule has 0 unspecified atom stereocenters. The molecule has 1 heterocycles. The van der Waals surface area contributed by atoms with Crippen molar-refractivity contribution in [3.8, 4) is 5.75 Å². The molecule has 2 atom stereocenters. The van der Waals surface area contributed by atoms with Gasteiger partial charge in [-0.25, -0.2) is 0 Å². The van der Waals surface area contributed by atoms with Crippen LogP contribution < -0.4 is 26.4 Å². The van der Waals surface area contributed by atoms with Crippen LogP contribution in [0, 0.1) is 15.5 Å². The number of imide groups is 1. The molecule has 6 N–H and O–H groups in total. The number of nitro groups is 1. The molecule has 1 saturated heterocycles. The SMILES string of the molecule is Cl.N=C(N)NCCC[C@@H](C(=O)Nc1ccc([N+](=O)[O-])cc1)N(C(=O)COc1ccccc1)C(=O)[C@@H]1CCCN1. The smallest absolute Gasteiger partial charge is 0.269 e. The van der Waals surface area contributed by atoms with Gasteiger partial charge >= 0.3 is 0 Å². The first-order valence-electron chi connectivity index (χ1n) is 12.2. The van der Waals surface area contributed by atoms with Crippen LogP contribution in [0.2, 0.25) is 0 Å². The number of nitrogens with two attached hydrogens (primary N) is 1. The Bertz CT molecular complexity index is 1140. The number of benzene rings is 2. The van der Waals surface area contributed by atoms with Crippen molar-refractivity contribution in [2.75, 3.05) is 25.0 Å². The summed E-state index contributed by atoms with van der Waals surface area (Å²) in [5, 5.41) is 26.7. The zero-order chi connectivity index (χ0) is 27.5. The van der Waals surface area contributed by atoms with Crippen molar-refractivity contribution in [2.24, 2.45) is 5.73 Å². The Kier molecular flexibility index (Phi) is 12.1. The number of carbonyl (C=O) groups is 3. The fraction of sp³-hybridized carbons (Fsp3) is 0.360. The van der Waals surface area contributed by atoms with Crippen LogP contribution in [-0.4, -0.2) is 65.3 Å². The van der Waals surface area contributed by atoms with Gasteiger partial charge in [0.25, 0.3) is 11.6 Å². The Morgan fingerprint density at radius 2 is 1.87 bits per heavy atom. The molecule has 210 valence electrons. The van der Waals surface area contributed by atoms with Gasteiger partial charge in [0.1, 0.15) is 11.8 Å². The average molecular weight is 562 g/mol. The molecule has 39 heavy (non-hydrogen) atoms. The normalized spacial score (nSPS) is 14.8. The predicted octanol–water partition coefficient (Wildman–Crippen LogP) is 1.77. The summed E-state index contributed by atoms with van der Waals surface area (Å²) in [6.45, 7) is 0.395. The quantitative estimate of drug-likeness (QED) is 0.0844. The van der Waals surface area contributed by atoms with Crippen LogP contribution in [0.25, 0.3) is 0 Å². The largest absolute Gasteiger partial charge is 0.484 e. The minimum Gasteiger partial charge on any atom is -0.484 e. The lowest BCUT2D eigenvalue weighted by Gasteiger charge is -2.31. The van der Waals surface area contributed by atoms with Crippen LogP contribution >= 0.6 is 12.4 Å². The second kappa shape index (κ2) is 15.2. The number of para-hydroxylation sites is 1. The van der Waals surface area contributed by atoms with E-state index in [1.165, 1.54) is 24.3 Å². The number of non-ortho nitro benzene ring substituents is 1. The number of nitrogens with one attached hydrogen (secondary N) is 4. The predicted molar refractivity (Wildman–Crippen MR) is 147 cm³/mol. The van der Waals surface area contributed by atoms with Crippen LogP contribution in [0.1, 0.15) is 25.7 Å². The van der Waals surface area contributed by atoms with Gasteiger partial charge in [-0.2, -0.15) is 0 Å². The number of ether oxygens (including phenoxy) is 1. The zero-order valence-corrected chi connectivity index (χ0v) is 21.9. The molecule has 0 bridgehead atoms. The number of hydrogen-bond donors (Lipinski definition) is 5. The third-order valence-corrected chi connectivity index (χ3v) is 5.90. The van der Waals surface area contributed by atoms with Crippen molar-refractivity contribution in [2.45, 2.75) is 37.8 Å². The number of rotatable bonds is 12. The molecule has 0 saturated carbocycles. The average Bonchev–Trinajstić information content (AvgIpc) is 3.45. The van der Waals surface area contributed by atoms with E-state index >= 15 is 0 Å². The minimum absolute atomic E-state index is 0. The van der Waals surface area contributed by atoms with E-state index in [-0.39, 0.29) is 42.7 Å². The Morgan fingerprint density at radius 3 is 2.46 bits per heavy atom. The van der Waals surface area contributed by atoms with E-state index in [1.54, 1.807) is 30.3 Å². The Morgan fingerprint density at radius 1 is 1.18 bits per heavy atom. The molecule has 0 radical (unpaired) electrons. The second-order valence-electron chi connectivity index (χ2n) is 8.64. The van der Waals surface area contributed by atoms with E-state index in [0.717, 1.165) is 11.3 Å². The molecule has 2 aromatic rings. The highest BCUT2D eigenvalue weighted by Crippen LogP contribution is 2.20. The van der Waals surface area contributed by atoms with Gasteiger partial charge in [0.2, 0.25) is 11.8 Å². The van der Waals surface area contributed by atoms with Crippen LogP contribution in [0.15, 0.2) is 54.6 Å². The number of nitrogens with zero attached hydrogens (tertiary/aromatic N) is 2. The molecule has 3 rings (SSSR count). The summed E-state index contributed by atoms with van der Waals surface area (Å²) in [5.41, 5.74) is 5.46. The summed E-state index contributed by atoms with van der Waals surface area (Å²) in [6.07, 6.45) is 1.66. The molecule has 0 aliphatic carbocycles. The zero-order valence-electron chi connectivity index (χ0n) is 21.1. The lowest BCUT2D eigenvalue weighted by molar-refractivity contribution is -0.384. The Labute approximate surface area is 231 Å². The standard InChI is InChI=1S/C25H31N7O6.ClH/c26-25(27)29-15-5-9-21(23(34)30-17-10-12-18(13-11-17)32(36)37)31(24(35)20-8-4-14-28-20)22(33)16-38-19-6-2-1-3-7-19;/h1-3,6-7,10-13,20-21,28H,4-5,8-9,14-16H2,(H,30,34)(H4,26,27,29);1H/t20-,21-;/m0./s1. The first kappa shape index (κ1) is 31.0. The summed E-state index contributed by atoms with van der Waals surface area (Å²) in [5.74, 6) is -1.67. The number of hydrogen-bond acceptors (Lipinski definition) is 8. The van der Waals surface area contributed by atoms with Crippen LogP contribution in [0.3, 0.4) is 0 Å². The number of anilines is 1. The summed E-state index contributed by atoms with van der Waals surface area (Å²) in [7, 11) is 0. The first-order chi connectivity index (χ1) is 18.3. The second-order valence-corrected chi connectivity index (χ2v) is 8.64. The third-order valence-electron chi connectivity index (χ3n) is 5.90. The van der Waals surface area contributed by atoms with Crippen molar-refractivity contribution < 1.29 is 24.0 Å². The summed E-state index contributed by atoms with van der Waals surface area (Å²) >= 11 is 0. The maximum Gasteiger partial charge on any atom is 0.269 e. The molecule has 1 aliphatic heterocycles. The first-order valence-corrected chi connectivity index (χ1v) is 12.2. The number of guanidine groups is 1. The van der Waals surface area contributed by atoms with Crippen molar-refractivity contribution in [1.82, 2.24) is 15.5 Å². The monoisotopic (exact) mass is 561 g/mol. The van der Waals surface area contributed by atoms with E-state index in [9.17, 15) is 24.5 Å². The Balaban J connectivity index is 0.00000533. The maximum absolute atomic E-state index is 13.5. The van der Waals surface area contributed by atoms with Gasteiger partial charge in [-0.1, -0.05) is 18.2 Å². The van der Waals surface area contributed by atoms with Gasteiger partial charge in [0, 0.05) is 24.4 Å². The van der Waals surface area contributed by atoms with Gasteiger partial charge in [-0.15, -0.1) is 12.4 Å². The third kappa shape index (κ3) is 9.23. The van der Waals surface area contributed by atoms with E-state index in [0.29, 0.717) is 25.1 Å². The van der Waals surface area contributed by atoms with E-state index < -0.39 is 41.3 Å². The number of carbonyl (C=O) groups excluding carboxylic acids is 3. The lowest BCUT2D eigenvalue weighted by Crippen LogP contribution is -2.56.